The van der Waals surface area contributed by atoms with Gasteiger partial charge >= 0.3 is 0 Å². The quantitative estimate of drug-likeness (QED) is 0.749. The van der Waals surface area contributed by atoms with Crippen LogP contribution in [0.4, 0.5) is 5.82 Å². The molecule has 0 fully saturated rings. The Hall–Kier alpha value is -1.08. The van der Waals surface area contributed by atoms with Crippen LogP contribution in [-0.2, 0) is 23.6 Å². The van der Waals surface area contributed by atoms with Crippen molar-refractivity contribution in [1.29, 1.82) is 0 Å². The lowest BCUT2D eigenvalue weighted by Crippen LogP contribution is -2.19. The number of rotatable bonds is 5. The maximum atomic E-state index is 11.5. The van der Waals surface area contributed by atoms with Gasteiger partial charge in [0.1, 0.15) is 5.82 Å². The minimum Gasteiger partial charge on any atom is -0.326 e. The zero-order valence-electron chi connectivity index (χ0n) is 8.90. The van der Waals surface area contributed by atoms with Crippen molar-refractivity contribution in [3.63, 3.8) is 0 Å². The van der Waals surface area contributed by atoms with E-state index in [4.69, 9.17) is 5.73 Å². The first-order valence-corrected chi connectivity index (χ1v) is 6.37. The molecule has 86 valence electrons. The van der Waals surface area contributed by atoms with Crippen LogP contribution in [0.3, 0.4) is 0 Å². The molecule has 1 aromatic rings. The van der Waals surface area contributed by atoms with Crippen molar-refractivity contribution in [1.82, 2.24) is 9.78 Å². The van der Waals surface area contributed by atoms with Crippen molar-refractivity contribution in [2.24, 2.45) is 12.8 Å². The summed E-state index contributed by atoms with van der Waals surface area (Å²) in [4.78, 5) is 0. The molecule has 1 aromatic heterocycles. The van der Waals surface area contributed by atoms with Crippen LogP contribution < -0.4 is 10.5 Å². The molecule has 0 atom stereocenters. The highest BCUT2D eigenvalue weighted by Crippen LogP contribution is 2.14. The molecule has 0 saturated carbocycles. The van der Waals surface area contributed by atoms with Crippen LogP contribution in [0.15, 0.2) is 6.20 Å². The summed E-state index contributed by atoms with van der Waals surface area (Å²) < 4.78 is 27.0. The first kappa shape index (κ1) is 12.0. The molecule has 0 radical (unpaired) electrons. The number of aromatic nitrogens is 2. The van der Waals surface area contributed by atoms with Crippen molar-refractivity contribution in [3.05, 3.63) is 11.8 Å². The first-order chi connectivity index (χ1) is 7.00. The lowest BCUT2D eigenvalue weighted by Gasteiger charge is -2.08. The van der Waals surface area contributed by atoms with Gasteiger partial charge in [-0.2, -0.15) is 5.10 Å². The van der Waals surface area contributed by atoms with Crippen LogP contribution in [0.5, 0.6) is 0 Å². The fourth-order valence-electron chi connectivity index (χ4n) is 1.23. The second kappa shape index (κ2) is 4.63. The van der Waals surface area contributed by atoms with Crippen molar-refractivity contribution >= 4 is 15.8 Å². The minimum absolute atomic E-state index is 0.0994. The molecule has 0 saturated heterocycles. The van der Waals surface area contributed by atoms with Gasteiger partial charge in [-0.3, -0.25) is 9.40 Å². The van der Waals surface area contributed by atoms with Gasteiger partial charge in [0.15, 0.2) is 0 Å². The van der Waals surface area contributed by atoms with Gasteiger partial charge in [-0.05, 0) is 6.42 Å². The number of nitrogens with two attached hydrogens (primary N) is 1. The Labute approximate surface area is 89.5 Å². The molecule has 0 amide bonds. The molecule has 0 bridgehead atoms. The lowest BCUT2D eigenvalue weighted by atomic mass is 10.3. The second-order valence-corrected chi connectivity index (χ2v) is 5.11. The van der Waals surface area contributed by atoms with Crippen LogP contribution >= 0.6 is 0 Å². The van der Waals surface area contributed by atoms with Crippen molar-refractivity contribution in [2.75, 3.05) is 10.5 Å². The smallest absolute Gasteiger partial charge is 0.233 e. The molecule has 15 heavy (non-hydrogen) atoms. The summed E-state index contributed by atoms with van der Waals surface area (Å²) in [6.07, 6.45) is 2.13. The molecule has 6 nitrogen and oxygen atoms in total. The predicted molar refractivity (Wildman–Crippen MR) is 58.8 cm³/mol. The Morgan fingerprint density at radius 1 is 1.60 bits per heavy atom. The Morgan fingerprint density at radius 2 is 2.27 bits per heavy atom. The molecule has 3 N–H and O–H groups in total. The number of nitrogens with one attached hydrogen (secondary N) is 1. The average Bonchev–Trinajstić information content (AvgIpc) is 2.47. The largest absolute Gasteiger partial charge is 0.326 e. The number of sulfonamides is 1. The van der Waals surface area contributed by atoms with E-state index >= 15 is 0 Å². The summed E-state index contributed by atoms with van der Waals surface area (Å²) in [6.45, 7) is 2.07. The van der Waals surface area contributed by atoms with Gasteiger partial charge in [0.2, 0.25) is 10.0 Å². The molecule has 1 rings (SSSR count). The van der Waals surface area contributed by atoms with E-state index in [1.54, 1.807) is 13.2 Å². The molecule has 7 heteroatoms. The molecule has 0 aliphatic heterocycles. The van der Waals surface area contributed by atoms with Crippen molar-refractivity contribution in [3.8, 4) is 0 Å². The molecular formula is C8H16N4O2S. The van der Waals surface area contributed by atoms with E-state index in [1.807, 2.05) is 6.92 Å². The standard InChI is InChI=1S/C8H16N4O2S/c1-3-4-15(13,14)11-8-7(5-9)6-10-12(8)2/h6,11H,3-5,9H2,1-2H3. The maximum Gasteiger partial charge on any atom is 0.233 e. The third-order valence-corrected chi connectivity index (χ3v) is 3.41. The third-order valence-electron chi connectivity index (χ3n) is 1.96. The maximum absolute atomic E-state index is 11.5. The SMILES string of the molecule is CCCS(=O)(=O)Nc1c(CN)cnn1C. The highest BCUT2D eigenvalue weighted by Gasteiger charge is 2.14. The number of anilines is 1. The summed E-state index contributed by atoms with van der Waals surface area (Å²) in [6, 6.07) is 0. The zero-order valence-corrected chi connectivity index (χ0v) is 9.71. The summed E-state index contributed by atoms with van der Waals surface area (Å²) in [5, 5.41) is 3.94. The number of hydrogen-bond donors (Lipinski definition) is 2. The summed E-state index contributed by atoms with van der Waals surface area (Å²) in [5.41, 5.74) is 6.16. The van der Waals surface area contributed by atoms with Crippen LogP contribution in [0.2, 0.25) is 0 Å². The Morgan fingerprint density at radius 3 is 2.80 bits per heavy atom. The molecule has 0 aliphatic rings. The molecule has 0 aromatic carbocycles. The molecule has 1 heterocycles. The van der Waals surface area contributed by atoms with E-state index in [1.165, 1.54) is 4.68 Å². The second-order valence-electron chi connectivity index (χ2n) is 3.27. The van der Waals surface area contributed by atoms with E-state index in [2.05, 4.69) is 9.82 Å². The first-order valence-electron chi connectivity index (χ1n) is 4.71. The van der Waals surface area contributed by atoms with Gasteiger partial charge in [0.25, 0.3) is 0 Å². The third kappa shape index (κ3) is 2.93. The monoisotopic (exact) mass is 232 g/mol. The average molecular weight is 232 g/mol. The van der Waals surface area contributed by atoms with Crippen LogP contribution in [-0.4, -0.2) is 24.0 Å². The van der Waals surface area contributed by atoms with Crippen molar-refractivity contribution < 1.29 is 8.42 Å². The van der Waals surface area contributed by atoms with Crippen molar-refractivity contribution in [2.45, 2.75) is 19.9 Å². The highest BCUT2D eigenvalue weighted by molar-refractivity contribution is 7.92. The van der Waals surface area contributed by atoms with E-state index in [9.17, 15) is 8.42 Å². The number of hydrogen-bond acceptors (Lipinski definition) is 4. The van der Waals surface area contributed by atoms with E-state index in [0.717, 1.165) is 0 Å². The Kier molecular flexibility index (Phi) is 3.70. The lowest BCUT2D eigenvalue weighted by molar-refractivity contribution is 0.599. The van der Waals surface area contributed by atoms with Crippen LogP contribution in [0.1, 0.15) is 18.9 Å². The molecular weight excluding hydrogens is 216 g/mol. The van der Waals surface area contributed by atoms with Gasteiger partial charge in [-0.25, -0.2) is 8.42 Å². The fraction of sp³-hybridized carbons (Fsp3) is 0.625. The Bertz CT molecular complexity index is 424. The predicted octanol–water partition coefficient (Wildman–Crippen LogP) is 0.0305. The van der Waals surface area contributed by atoms with Gasteiger partial charge in [0.05, 0.1) is 11.9 Å². The van der Waals surface area contributed by atoms with E-state index in [-0.39, 0.29) is 12.3 Å². The number of aryl methyl sites for hydroxylation is 1. The highest BCUT2D eigenvalue weighted by atomic mass is 32.2. The van der Waals surface area contributed by atoms with Gasteiger partial charge in [-0.1, -0.05) is 6.92 Å². The summed E-state index contributed by atoms with van der Waals surface area (Å²) >= 11 is 0. The van der Waals surface area contributed by atoms with Gasteiger partial charge in [0, 0.05) is 19.2 Å². The van der Waals surface area contributed by atoms with Crippen LogP contribution in [0.25, 0.3) is 0 Å². The van der Waals surface area contributed by atoms with E-state index < -0.39 is 10.0 Å². The topological polar surface area (TPSA) is 90.0 Å². The van der Waals surface area contributed by atoms with Gasteiger partial charge in [-0.15, -0.1) is 0 Å². The zero-order chi connectivity index (χ0) is 11.5. The summed E-state index contributed by atoms with van der Waals surface area (Å²) in [7, 11) is -1.61. The molecule has 0 spiro atoms. The normalized spacial score (nSPS) is 11.7. The van der Waals surface area contributed by atoms with Gasteiger partial charge < -0.3 is 5.73 Å². The minimum atomic E-state index is -3.28. The fourth-order valence-corrected chi connectivity index (χ4v) is 2.43. The summed E-state index contributed by atoms with van der Waals surface area (Å²) in [5.74, 6) is 0.549. The van der Waals surface area contributed by atoms with E-state index in [0.29, 0.717) is 17.8 Å². The molecule has 0 aliphatic carbocycles. The van der Waals surface area contributed by atoms with Crippen LogP contribution in [0, 0.1) is 0 Å². The number of nitrogens with zero attached hydrogens (tertiary/aromatic N) is 2. The Balaban J connectivity index is 2.93. The molecule has 0 unspecified atom stereocenters.